The fraction of sp³-hybridized carbons (Fsp3) is 0.0833. The first-order valence-electron chi connectivity index (χ1n) is 9.46. The van der Waals surface area contributed by atoms with Crippen LogP contribution in [0.15, 0.2) is 79.0 Å². The second kappa shape index (κ2) is 9.02. The molecule has 0 fully saturated rings. The van der Waals surface area contributed by atoms with Crippen molar-refractivity contribution in [2.45, 2.75) is 13.2 Å². The maximum Gasteiger partial charge on any atom is 0.397 e. The molecule has 1 aromatic heterocycles. The standard InChI is InChI=1S/C24H17ClFNO4/c25-31-24(29)23(28)21-14-27(13-16-6-8-18(26)9-7-16)22-11-10-19(12-20(21)22)30-15-17-4-2-1-3-5-17/h1-12,14H,13,15H2. The summed E-state index contributed by atoms with van der Waals surface area (Å²) in [4.78, 5) is 24.3. The summed E-state index contributed by atoms with van der Waals surface area (Å²) in [7, 11) is 0. The number of hydrogen-bond acceptors (Lipinski definition) is 4. The highest BCUT2D eigenvalue weighted by molar-refractivity contribution is 6.45. The average Bonchev–Trinajstić information content (AvgIpc) is 3.16. The Bertz CT molecular complexity index is 1240. The number of carbonyl (C=O) groups excluding carboxylic acids is 2. The molecule has 7 heteroatoms. The van der Waals surface area contributed by atoms with Gasteiger partial charge in [0.25, 0.3) is 5.78 Å². The van der Waals surface area contributed by atoms with Gasteiger partial charge in [-0.25, -0.2) is 9.18 Å². The van der Waals surface area contributed by atoms with Crippen molar-refractivity contribution in [2.75, 3.05) is 0 Å². The lowest BCUT2D eigenvalue weighted by atomic mass is 10.1. The maximum absolute atomic E-state index is 13.2. The molecule has 0 radical (unpaired) electrons. The number of halogens is 2. The van der Waals surface area contributed by atoms with E-state index >= 15 is 0 Å². The summed E-state index contributed by atoms with van der Waals surface area (Å²) >= 11 is 5.11. The normalized spacial score (nSPS) is 10.8. The molecule has 3 aromatic carbocycles. The maximum atomic E-state index is 13.2. The Kier molecular flexibility index (Phi) is 6.00. The van der Waals surface area contributed by atoms with Crippen molar-refractivity contribution in [3.8, 4) is 5.75 Å². The number of ketones is 1. The molecule has 0 aliphatic carbocycles. The summed E-state index contributed by atoms with van der Waals surface area (Å²) in [5, 5.41) is 0.528. The number of benzene rings is 3. The van der Waals surface area contributed by atoms with Crippen molar-refractivity contribution in [1.82, 2.24) is 4.57 Å². The van der Waals surface area contributed by atoms with Crippen LogP contribution in [0.4, 0.5) is 4.39 Å². The summed E-state index contributed by atoms with van der Waals surface area (Å²) < 4.78 is 25.0. The Balaban J connectivity index is 1.70. The van der Waals surface area contributed by atoms with E-state index in [4.69, 9.17) is 16.6 Å². The van der Waals surface area contributed by atoms with Crippen LogP contribution in [0.1, 0.15) is 21.5 Å². The molecule has 1 heterocycles. The van der Waals surface area contributed by atoms with E-state index in [1.165, 1.54) is 12.1 Å². The number of hydrogen-bond donors (Lipinski definition) is 0. The van der Waals surface area contributed by atoms with E-state index in [0.717, 1.165) is 11.1 Å². The van der Waals surface area contributed by atoms with Crippen LogP contribution in [0.5, 0.6) is 5.75 Å². The highest BCUT2D eigenvalue weighted by Gasteiger charge is 2.23. The van der Waals surface area contributed by atoms with E-state index in [1.54, 1.807) is 35.0 Å². The van der Waals surface area contributed by atoms with Crippen LogP contribution in [0, 0.1) is 5.82 Å². The molecule has 31 heavy (non-hydrogen) atoms. The van der Waals surface area contributed by atoms with Crippen molar-refractivity contribution < 1.29 is 23.0 Å². The Labute approximate surface area is 182 Å². The third kappa shape index (κ3) is 4.59. The Hall–Kier alpha value is -3.64. The summed E-state index contributed by atoms with van der Waals surface area (Å²) in [6.45, 7) is 0.736. The number of ether oxygens (including phenoxy) is 1. The van der Waals surface area contributed by atoms with E-state index in [9.17, 15) is 14.0 Å². The van der Waals surface area contributed by atoms with Crippen molar-refractivity contribution >= 4 is 34.5 Å². The Morgan fingerprint density at radius 3 is 2.39 bits per heavy atom. The molecule has 0 amide bonds. The van der Waals surface area contributed by atoms with Gasteiger partial charge in [0, 0.05) is 23.6 Å². The van der Waals surface area contributed by atoms with E-state index in [1.807, 2.05) is 36.4 Å². The summed E-state index contributed by atoms with van der Waals surface area (Å²) in [5.74, 6) is -1.82. The summed E-state index contributed by atoms with van der Waals surface area (Å²) in [6, 6.07) is 21.0. The zero-order chi connectivity index (χ0) is 21.8. The van der Waals surface area contributed by atoms with Crippen LogP contribution >= 0.6 is 11.9 Å². The van der Waals surface area contributed by atoms with Gasteiger partial charge in [0.15, 0.2) is 0 Å². The van der Waals surface area contributed by atoms with Gasteiger partial charge in [0.1, 0.15) is 30.0 Å². The minimum absolute atomic E-state index is 0.146. The molecule has 5 nitrogen and oxygen atoms in total. The predicted molar refractivity (Wildman–Crippen MR) is 114 cm³/mol. The largest absolute Gasteiger partial charge is 0.489 e. The second-order valence-electron chi connectivity index (χ2n) is 6.94. The predicted octanol–water partition coefficient (Wildman–Crippen LogP) is 5.29. The van der Waals surface area contributed by atoms with Crippen LogP contribution in [0.25, 0.3) is 10.9 Å². The third-order valence-corrected chi connectivity index (χ3v) is 5.01. The molecule has 156 valence electrons. The Morgan fingerprint density at radius 2 is 1.68 bits per heavy atom. The van der Waals surface area contributed by atoms with E-state index in [-0.39, 0.29) is 11.4 Å². The van der Waals surface area contributed by atoms with Gasteiger partial charge >= 0.3 is 5.97 Å². The molecule has 0 bridgehead atoms. The molecular formula is C24H17ClFNO4. The minimum atomic E-state index is -1.17. The number of Topliss-reactive ketones (excluding diaryl/α,β-unsaturated/α-hetero) is 1. The summed E-state index contributed by atoms with van der Waals surface area (Å²) in [5.41, 5.74) is 2.69. The average molecular weight is 438 g/mol. The Morgan fingerprint density at radius 1 is 0.935 bits per heavy atom. The second-order valence-corrected chi connectivity index (χ2v) is 7.10. The van der Waals surface area contributed by atoms with Crippen molar-refractivity contribution in [2.24, 2.45) is 0 Å². The van der Waals surface area contributed by atoms with E-state index in [2.05, 4.69) is 4.29 Å². The first-order valence-corrected chi connectivity index (χ1v) is 9.77. The molecule has 4 aromatic rings. The monoisotopic (exact) mass is 437 g/mol. The lowest BCUT2D eigenvalue weighted by Gasteiger charge is -2.08. The van der Waals surface area contributed by atoms with Crippen LogP contribution in [0.2, 0.25) is 0 Å². The summed E-state index contributed by atoms with van der Waals surface area (Å²) in [6.07, 6.45) is 1.56. The molecule has 0 spiro atoms. The minimum Gasteiger partial charge on any atom is -0.489 e. The number of nitrogens with zero attached hydrogens (tertiary/aromatic N) is 1. The van der Waals surface area contributed by atoms with E-state index < -0.39 is 11.8 Å². The SMILES string of the molecule is O=C(OCl)C(=O)c1cn(Cc2ccc(F)cc2)c2ccc(OCc3ccccc3)cc12. The van der Waals surface area contributed by atoms with Crippen LogP contribution in [-0.2, 0) is 22.2 Å². The number of fused-ring (bicyclic) bond motifs is 1. The molecule has 0 unspecified atom stereocenters. The number of aromatic nitrogens is 1. The fourth-order valence-electron chi connectivity index (χ4n) is 3.35. The molecule has 0 saturated heterocycles. The molecule has 0 atom stereocenters. The van der Waals surface area contributed by atoms with Gasteiger partial charge in [-0.2, -0.15) is 0 Å². The van der Waals surface area contributed by atoms with Gasteiger partial charge < -0.3 is 13.6 Å². The lowest BCUT2D eigenvalue weighted by Crippen LogP contribution is -2.13. The van der Waals surface area contributed by atoms with Crippen LogP contribution in [-0.4, -0.2) is 16.3 Å². The quantitative estimate of drug-likeness (QED) is 0.291. The molecular weight excluding hydrogens is 421 g/mol. The highest BCUT2D eigenvalue weighted by Crippen LogP contribution is 2.28. The highest BCUT2D eigenvalue weighted by atomic mass is 35.5. The van der Waals surface area contributed by atoms with Gasteiger partial charge in [0.05, 0.1) is 5.56 Å². The topological polar surface area (TPSA) is 57.5 Å². The fourth-order valence-corrected chi connectivity index (χ4v) is 3.42. The molecule has 0 aliphatic rings. The first kappa shape index (κ1) is 20.6. The van der Waals surface area contributed by atoms with Gasteiger partial charge in [-0.1, -0.05) is 42.5 Å². The number of rotatable bonds is 7. The smallest absolute Gasteiger partial charge is 0.397 e. The van der Waals surface area contributed by atoms with Gasteiger partial charge in [-0.3, -0.25) is 4.79 Å². The number of carbonyl (C=O) groups is 2. The third-order valence-electron chi connectivity index (χ3n) is 4.87. The lowest BCUT2D eigenvalue weighted by molar-refractivity contribution is -0.128. The molecule has 0 aliphatic heterocycles. The van der Waals surface area contributed by atoms with Crippen molar-refractivity contribution in [1.29, 1.82) is 0 Å². The molecule has 0 N–H and O–H groups in total. The molecule has 0 saturated carbocycles. The van der Waals surface area contributed by atoms with Gasteiger partial charge in [0.2, 0.25) is 0 Å². The zero-order valence-electron chi connectivity index (χ0n) is 16.3. The van der Waals surface area contributed by atoms with Crippen molar-refractivity contribution in [3.63, 3.8) is 0 Å². The van der Waals surface area contributed by atoms with Gasteiger partial charge in [-0.15, -0.1) is 0 Å². The van der Waals surface area contributed by atoms with Gasteiger partial charge in [-0.05, 0) is 41.5 Å². The first-order chi connectivity index (χ1) is 15.0. The zero-order valence-corrected chi connectivity index (χ0v) is 17.0. The van der Waals surface area contributed by atoms with Crippen LogP contribution < -0.4 is 4.74 Å². The van der Waals surface area contributed by atoms with Crippen LogP contribution in [0.3, 0.4) is 0 Å². The van der Waals surface area contributed by atoms with Crippen molar-refractivity contribution in [3.05, 3.63) is 102 Å². The molecule has 4 rings (SSSR count). The van der Waals surface area contributed by atoms with E-state index in [0.29, 0.717) is 29.8 Å².